The first-order chi connectivity index (χ1) is 9.15. The minimum atomic E-state index is -0.876. The Hall–Kier alpha value is -1.16. The highest BCUT2D eigenvalue weighted by Gasteiger charge is 2.16. The van der Waals surface area contributed by atoms with Crippen molar-refractivity contribution < 1.29 is 9.00 Å². The molecule has 1 aromatic rings. The van der Waals surface area contributed by atoms with Gasteiger partial charge >= 0.3 is 0 Å². The topological polar surface area (TPSA) is 46.2 Å². The summed E-state index contributed by atoms with van der Waals surface area (Å²) in [6.07, 6.45) is 7.55. The van der Waals surface area contributed by atoms with E-state index in [0.717, 1.165) is 18.4 Å². The van der Waals surface area contributed by atoms with Crippen molar-refractivity contribution in [1.29, 1.82) is 0 Å². The average molecular weight is 279 g/mol. The SMILES string of the molecule is CS(=O)Cc1cccc(C(=O)NC2CCCCC2)c1. The average Bonchev–Trinajstić information content (AvgIpc) is 2.39. The number of rotatable bonds is 4. The molecule has 0 saturated heterocycles. The van der Waals surface area contributed by atoms with Gasteiger partial charge in [-0.3, -0.25) is 9.00 Å². The van der Waals surface area contributed by atoms with Gasteiger partial charge in [0.15, 0.2) is 0 Å². The molecule has 1 atom stereocenters. The fraction of sp³-hybridized carbons (Fsp3) is 0.533. The quantitative estimate of drug-likeness (QED) is 0.921. The van der Waals surface area contributed by atoms with Crippen LogP contribution in [0.25, 0.3) is 0 Å². The second-order valence-corrected chi connectivity index (χ2v) is 6.66. The molecule has 1 saturated carbocycles. The first-order valence-corrected chi connectivity index (χ1v) is 8.57. The summed E-state index contributed by atoms with van der Waals surface area (Å²) < 4.78 is 11.2. The van der Waals surface area contributed by atoms with Gasteiger partial charge < -0.3 is 5.32 Å². The fourth-order valence-electron chi connectivity index (χ4n) is 2.55. The van der Waals surface area contributed by atoms with Gasteiger partial charge in [0.1, 0.15) is 0 Å². The minimum absolute atomic E-state index is 0.00404. The molecule has 0 heterocycles. The van der Waals surface area contributed by atoms with Gasteiger partial charge in [0.05, 0.1) is 0 Å². The zero-order chi connectivity index (χ0) is 13.7. The van der Waals surface area contributed by atoms with Crippen LogP contribution in [0.1, 0.15) is 48.0 Å². The summed E-state index contributed by atoms with van der Waals surface area (Å²) in [5, 5.41) is 3.10. The zero-order valence-corrected chi connectivity index (χ0v) is 12.2. The predicted octanol–water partition coefficient (Wildman–Crippen LogP) is 2.63. The van der Waals surface area contributed by atoms with Crippen LogP contribution in [0.2, 0.25) is 0 Å². The third kappa shape index (κ3) is 4.46. The second-order valence-electron chi connectivity index (χ2n) is 5.23. The third-order valence-corrected chi connectivity index (χ3v) is 4.24. The van der Waals surface area contributed by atoms with Crippen molar-refractivity contribution in [2.45, 2.75) is 43.9 Å². The molecule has 0 aliphatic heterocycles. The summed E-state index contributed by atoms with van der Waals surface area (Å²) in [5.41, 5.74) is 1.63. The lowest BCUT2D eigenvalue weighted by molar-refractivity contribution is 0.0927. The largest absolute Gasteiger partial charge is 0.349 e. The Balaban J connectivity index is 1.99. The van der Waals surface area contributed by atoms with Gasteiger partial charge in [-0.1, -0.05) is 31.4 Å². The van der Waals surface area contributed by atoms with Crippen molar-refractivity contribution in [3.63, 3.8) is 0 Å². The molecule has 1 aromatic carbocycles. The molecular weight excluding hydrogens is 258 g/mol. The molecule has 0 bridgehead atoms. The standard InChI is InChI=1S/C15H21NO2S/c1-19(18)11-12-6-5-7-13(10-12)15(17)16-14-8-3-2-4-9-14/h5-7,10,14H,2-4,8-9,11H2,1H3,(H,16,17). The van der Waals surface area contributed by atoms with E-state index in [1.807, 2.05) is 24.3 Å². The van der Waals surface area contributed by atoms with E-state index >= 15 is 0 Å². The molecule has 1 amide bonds. The number of carbonyl (C=O) groups is 1. The molecule has 1 aliphatic carbocycles. The van der Waals surface area contributed by atoms with Crippen molar-refractivity contribution in [2.24, 2.45) is 0 Å². The third-order valence-electron chi connectivity index (χ3n) is 3.50. The van der Waals surface area contributed by atoms with Gasteiger partial charge in [-0.2, -0.15) is 0 Å². The fourth-order valence-corrected chi connectivity index (χ4v) is 3.20. The molecule has 104 valence electrons. The molecule has 1 aliphatic rings. The van der Waals surface area contributed by atoms with Crippen molar-refractivity contribution >= 4 is 16.7 Å². The van der Waals surface area contributed by atoms with Crippen LogP contribution in [0.4, 0.5) is 0 Å². The van der Waals surface area contributed by atoms with Gasteiger partial charge in [-0.15, -0.1) is 0 Å². The molecule has 0 aromatic heterocycles. The Bertz CT molecular complexity index is 467. The lowest BCUT2D eigenvalue weighted by Gasteiger charge is -2.22. The molecule has 19 heavy (non-hydrogen) atoms. The lowest BCUT2D eigenvalue weighted by Crippen LogP contribution is -2.36. The van der Waals surface area contributed by atoms with Gasteiger partial charge in [0, 0.05) is 34.4 Å². The second kappa shape index (κ2) is 6.85. The van der Waals surface area contributed by atoms with Crippen LogP contribution in [0.3, 0.4) is 0 Å². The summed E-state index contributed by atoms with van der Waals surface area (Å²) >= 11 is 0. The first-order valence-electron chi connectivity index (χ1n) is 6.85. The van der Waals surface area contributed by atoms with Gasteiger partial charge in [-0.05, 0) is 30.5 Å². The first kappa shape index (κ1) is 14.3. The maximum atomic E-state index is 12.2. The predicted molar refractivity (Wildman–Crippen MR) is 78.6 cm³/mol. The van der Waals surface area contributed by atoms with Crippen LogP contribution in [-0.4, -0.2) is 22.4 Å². The smallest absolute Gasteiger partial charge is 0.251 e. The van der Waals surface area contributed by atoms with Crippen molar-refractivity contribution in [3.8, 4) is 0 Å². The number of hydrogen-bond donors (Lipinski definition) is 1. The molecule has 3 nitrogen and oxygen atoms in total. The monoisotopic (exact) mass is 279 g/mol. The van der Waals surface area contributed by atoms with Crippen LogP contribution in [-0.2, 0) is 16.6 Å². The Morgan fingerprint density at radius 2 is 2.05 bits per heavy atom. The maximum absolute atomic E-state index is 12.2. The summed E-state index contributed by atoms with van der Waals surface area (Å²) in [5.74, 6) is 0.500. The lowest BCUT2D eigenvalue weighted by atomic mass is 9.95. The zero-order valence-electron chi connectivity index (χ0n) is 11.4. The van der Waals surface area contributed by atoms with E-state index in [9.17, 15) is 9.00 Å². The Morgan fingerprint density at radius 1 is 1.32 bits per heavy atom. The number of amides is 1. The van der Waals surface area contributed by atoms with Crippen LogP contribution in [0.5, 0.6) is 0 Å². The summed E-state index contributed by atoms with van der Waals surface area (Å²) in [7, 11) is -0.876. The molecule has 0 radical (unpaired) electrons. The summed E-state index contributed by atoms with van der Waals surface area (Å²) in [4.78, 5) is 12.2. The molecule has 1 N–H and O–H groups in total. The van der Waals surface area contributed by atoms with E-state index in [0.29, 0.717) is 17.4 Å². The minimum Gasteiger partial charge on any atom is -0.349 e. The van der Waals surface area contributed by atoms with Crippen LogP contribution in [0.15, 0.2) is 24.3 Å². The summed E-state index contributed by atoms with van der Waals surface area (Å²) in [6, 6.07) is 7.77. The number of carbonyl (C=O) groups excluding carboxylic acids is 1. The van der Waals surface area contributed by atoms with E-state index < -0.39 is 10.8 Å². The number of nitrogens with one attached hydrogen (secondary N) is 1. The van der Waals surface area contributed by atoms with E-state index in [-0.39, 0.29) is 5.91 Å². The highest BCUT2D eigenvalue weighted by atomic mass is 32.2. The van der Waals surface area contributed by atoms with Crippen molar-refractivity contribution in [2.75, 3.05) is 6.26 Å². The maximum Gasteiger partial charge on any atom is 0.251 e. The van der Waals surface area contributed by atoms with E-state index in [2.05, 4.69) is 5.32 Å². The van der Waals surface area contributed by atoms with Crippen molar-refractivity contribution in [3.05, 3.63) is 35.4 Å². The molecule has 2 rings (SSSR count). The molecule has 1 fully saturated rings. The number of hydrogen-bond acceptors (Lipinski definition) is 2. The highest BCUT2D eigenvalue weighted by Crippen LogP contribution is 2.18. The van der Waals surface area contributed by atoms with Gasteiger partial charge in [-0.25, -0.2) is 0 Å². The van der Waals surface area contributed by atoms with Crippen LogP contribution >= 0.6 is 0 Å². The van der Waals surface area contributed by atoms with Crippen LogP contribution < -0.4 is 5.32 Å². The summed E-state index contributed by atoms with van der Waals surface area (Å²) in [6.45, 7) is 0. The van der Waals surface area contributed by atoms with Crippen LogP contribution in [0, 0.1) is 0 Å². The molecule has 4 heteroatoms. The van der Waals surface area contributed by atoms with Gasteiger partial charge in [0.25, 0.3) is 5.91 Å². The van der Waals surface area contributed by atoms with E-state index in [4.69, 9.17) is 0 Å². The van der Waals surface area contributed by atoms with Crippen molar-refractivity contribution in [1.82, 2.24) is 5.32 Å². The molecule has 0 spiro atoms. The molecule has 1 unspecified atom stereocenters. The normalized spacial score (nSPS) is 17.9. The Morgan fingerprint density at radius 3 is 2.74 bits per heavy atom. The Kier molecular flexibility index (Phi) is 5.14. The van der Waals surface area contributed by atoms with E-state index in [1.165, 1.54) is 19.3 Å². The molecular formula is C15H21NO2S. The highest BCUT2D eigenvalue weighted by molar-refractivity contribution is 7.83. The Labute approximate surface area is 117 Å². The van der Waals surface area contributed by atoms with Gasteiger partial charge in [0.2, 0.25) is 0 Å². The number of benzene rings is 1. The van der Waals surface area contributed by atoms with E-state index in [1.54, 1.807) is 6.26 Å².